The molecule has 0 saturated carbocycles. The highest BCUT2D eigenvalue weighted by Gasteiger charge is 2.30. The van der Waals surface area contributed by atoms with Gasteiger partial charge in [-0.25, -0.2) is 4.98 Å². The predicted octanol–water partition coefficient (Wildman–Crippen LogP) is 3.36. The lowest BCUT2D eigenvalue weighted by Crippen LogP contribution is -2.12. The monoisotopic (exact) mass is 250 g/mol. The van der Waals surface area contributed by atoms with Gasteiger partial charge in [0.1, 0.15) is 12.0 Å². The Bertz CT molecular complexity index is 677. The van der Waals surface area contributed by atoms with Gasteiger partial charge in [0, 0.05) is 23.4 Å². The van der Waals surface area contributed by atoms with Gasteiger partial charge in [0.05, 0.1) is 11.6 Å². The van der Waals surface area contributed by atoms with E-state index in [4.69, 9.17) is 9.26 Å². The molecule has 0 bridgehead atoms. The molecule has 4 nitrogen and oxygen atoms in total. The molecule has 1 aliphatic rings. The molecule has 0 spiro atoms. The standard InChI is InChI=1S/C15H10N2O2/c1-2-6-13-10(4-1)14(12-7-9-18-17-12)11-5-3-8-16-15(11)19-13/h1-9,14H. The van der Waals surface area contributed by atoms with E-state index in [1.807, 2.05) is 42.5 Å². The summed E-state index contributed by atoms with van der Waals surface area (Å²) >= 11 is 0. The van der Waals surface area contributed by atoms with Crippen LogP contribution in [0.25, 0.3) is 0 Å². The summed E-state index contributed by atoms with van der Waals surface area (Å²) in [6.07, 6.45) is 3.32. The van der Waals surface area contributed by atoms with Crippen molar-refractivity contribution in [3.8, 4) is 11.6 Å². The van der Waals surface area contributed by atoms with E-state index < -0.39 is 0 Å². The van der Waals surface area contributed by atoms with Gasteiger partial charge in [0.15, 0.2) is 0 Å². The molecule has 4 heteroatoms. The second-order valence-electron chi connectivity index (χ2n) is 4.39. The zero-order valence-electron chi connectivity index (χ0n) is 9.98. The van der Waals surface area contributed by atoms with Crippen LogP contribution in [0.2, 0.25) is 0 Å². The van der Waals surface area contributed by atoms with E-state index in [0.717, 1.165) is 22.6 Å². The molecule has 19 heavy (non-hydrogen) atoms. The van der Waals surface area contributed by atoms with Gasteiger partial charge in [0.2, 0.25) is 5.88 Å². The predicted molar refractivity (Wildman–Crippen MR) is 68.2 cm³/mol. The van der Waals surface area contributed by atoms with Crippen LogP contribution in [-0.2, 0) is 0 Å². The lowest BCUT2D eigenvalue weighted by molar-refractivity contribution is 0.402. The minimum Gasteiger partial charge on any atom is -0.438 e. The summed E-state index contributed by atoms with van der Waals surface area (Å²) in [5, 5.41) is 4.08. The van der Waals surface area contributed by atoms with Crippen molar-refractivity contribution in [2.45, 2.75) is 5.92 Å². The summed E-state index contributed by atoms with van der Waals surface area (Å²) in [6, 6.07) is 13.7. The third kappa shape index (κ3) is 1.53. The maximum absolute atomic E-state index is 5.84. The fourth-order valence-electron chi connectivity index (χ4n) is 2.48. The molecule has 4 rings (SSSR count). The second kappa shape index (κ2) is 3.95. The molecule has 0 radical (unpaired) electrons. The van der Waals surface area contributed by atoms with Gasteiger partial charge in [0.25, 0.3) is 0 Å². The number of rotatable bonds is 1. The molecule has 0 N–H and O–H groups in total. The third-order valence-electron chi connectivity index (χ3n) is 3.30. The summed E-state index contributed by atoms with van der Waals surface area (Å²) in [6.45, 7) is 0. The van der Waals surface area contributed by atoms with Crippen LogP contribution in [0.5, 0.6) is 11.6 Å². The van der Waals surface area contributed by atoms with Gasteiger partial charge in [-0.3, -0.25) is 0 Å². The third-order valence-corrected chi connectivity index (χ3v) is 3.30. The van der Waals surface area contributed by atoms with E-state index in [-0.39, 0.29) is 5.92 Å². The fourth-order valence-corrected chi connectivity index (χ4v) is 2.48. The first-order valence-corrected chi connectivity index (χ1v) is 6.05. The molecule has 1 unspecified atom stereocenters. The molecule has 0 fully saturated rings. The number of fused-ring (bicyclic) bond motifs is 2. The number of para-hydroxylation sites is 1. The molecule has 1 aliphatic heterocycles. The number of pyridine rings is 1. The van der Waals surface area contributed by atoms with Gasteiger partial charge < -0.3 is 9.26 Å². The normalized spacial score (nSPS) is 16.3. The highest BCUT2D eigenvalue weighted by atomic mass is 16.5. The summed E-state index contributed by atoms with van der Waals surface area (Å²) in [5.41, 5.74) is 2.96. The van der Waals surface area contributed by atoms with Crippen LogP contribution < -0.4 is 4.74 Å². The lowest BCUT2D eigenvalue weighted by Gasteiger charge is -2.25. The Morgan fingerprint density at radius 1 is 0.947 bits per heavy atom. The Kier molecular flexibility index (Phi) is 2.14. The van der Waals surface area contributed by atoms with Gasteiger partial charge in [-0.1, -0.05) is 29.4 Å². The number of aromatic nitrogens is 2. The van der Waals surface area contributed by atoms with Crippen molar-refractivity contribution in [2.75, 3.05) is 0 Å². The van der Waals surface area contributed by atoms with E-state index in [1.54, 1.807) is 12.5 Å². The van der Waals surface area contributed by atoms with Crippen molar-refractivity contribution in [1.29, 1.82) is 0 Å². The van der Waals surface area contributed by atoms with E-state index in [1.165, 1.54) is 0 Å². The van der Waals surface area contributed by atoms with Crippen LogP contribution >= 0.6 is 0 Å². The average molecular weight is 250 g/mol. The summed E-state index contributed by atoms with van der Waals surface area (Å²) in [7, 11) is 0. The molecule has 0 saturated heterocycles. The minimum atomic E-state index is 0.00685. The highest BCUT2D eigenvalue weighted by molar-refractivity contribution is 5.54. The minimum absolute atomic E-state index is 0.00685. The Labute approximate surface area is 109 Å². The largest absolute Gasteiger partial charge is 0.438 e. The van der Waals surface area contributed by atoms with Crippen LogP contribution in [0.15, 0.2) is 59.4 Å². The van der Waals surface area contributed by atoms with Crippen molar-refractivity contribution >= 4 is 0 Å². The molecule has 2 aromatic heterocycles. The summed E-state index contributed by atoms with van der Waals surface area (Å²) < 4.78 is 10.8. The summed E-state index contributed by atoms with van der Waals surface area (Å²) in [5.74, 6) is 1.46. The Morgan fingerprint density at radius 3 is 2.74 bits per heavy atom. The van der Waals surface area contributed by atoms with Gasteiger partial charge in [-0.2, -0.15) is 0 Å². The van der Waals surface area contributed by atoms with Crippen molar-refractivity contribution in [3.05, 3.63) is 71.7 Å². The van der Waals surface area contributed by atoms with E-state index >= 15 is 0 Å². The number of hydrogen-bond donors (Lipinski definition) is 0. The van der Waals surface area contributed by atoms with Crippen molar-refractivity contribution in [3.63, 3.8) is 0 Å². The lowest BCUT2D eigenvalue weighted by atomic mass is 9.87. The number of benzene rings is 1. The van der Waals surface area contributed by atoms with Crippen LogP contribution in [0.1, 0.15) is 22.7 Å². The van der Waals surface area contributed by atoms with Gasteiger partial charge in [-0.15, -0.1) is 0 Å². The fraction of sp³-hybridized carbons (Fsp3) is 0.0667. The Balaban J connectivity index is 1.98. The quantitative estimate of drug-likeness (QED) is 0.519. The van der Waals surface area contributed by atoms with Crippen molar-refractivity contribution in [1.82, 2.24) is 10.1 Å². The molecule has 3 heterocycles. The van der Waals surface area contributed by atoms with E-state index in [0.29, 0.717) is 5.88 Å². The van der Waals surface area contributed by atoms with Gasteiger partial charge in [-0.05, 0) is 12.1 Å². The van der Waals surface area contributed by atoms with Crippen molar-refractivity contribution in [2.24, 2.45) is 0 Å². The van der Waals surface area contributed by atoms with E-state index in [2.05, 4.69) is 10.1 Å². The molecule has 92 valence electrons. The molecule has 3 aromatic rings. The molecular weight excluding hydrogens is 240 g/mol. The van der Waals surface area contributed by atoms with Crippen molar-refractivity contribution < 1.29 is 9.26 Å². The van der Waals surface area contributed by atoms with Gasteiger partial charge >= 0.3 is 0 Å². The topological polar surface area (TPSA) is 48.2 Å². The van der Waals surface area contributed by atoms with Crippen LogP contribution in [-0.4, -0.2) is 10.1 Å². The van der Waals surface area contributed by atoms with Crippen LogP contribution in [0.4, 0.5) is 0 Å². The Hall–Kier alpha value is -2.62. The zero-order chi connectivity index (χ0) is 12.7. The first-order chi connectivity index (χ1) is 9.43. The van der Waals surface area contributed by atoms with E-state index in [9.17, 15) is 0 Å². The van der Waals surface area contributed by atoms with Crippen LogP contribution in [0, 0.1) is 0 Å². The molecular formula is C15H10N2O2. The smallest absolute Gasteiger partial charge is 0.223 e. The first-order valence-electron chi connectivity index (χ1n) is 6.05. The molecule has 0 aliphatic carbocycles. The SMILES string of the molecule is c1ccc2c(c1)Oc1ncccc1C2c1ccon1. The summed E-state index contributed by atoms with van der Waals surface area (Å²) in [4.78, 5) is 4.30. The number of hydrogen-bond acceptors (Lipinski definition) is 4. The number of nitrogens with zero attached hydrogens (tertiary/aromatic N) is 2. The molecule has 1 atom stereocenters. The molecule has 0 amide bonds. The maximum atomic E-state index is 5.84. The average Bonchev–Trinajstić information content (AvgIpc) is 2.98. The first kappa shape index (κ1) is 10.3. The van der Waals surface area contributed by atoms with Crippen LogP contribution in [0.3, 0.4) is 0 Å². The zero-order valence-corrected chi connectivity index (χ0v) is 9.98. The Morgan fingerprint density at radius 2 is 1.84 bits per heavy atom. The second-order valence-corrected chi connectivity index (χ2v) is 4.39. The number of ether oxygens (including phenoxy) is 1. The maximum Gasteiger partial charge on any atom is 0.223 e. The highest BCUT2D eigenvalue weighted by Crippen LogP contribution is 2.45. The molecule has 1 aromatic carbocycles.